The van der Waals surface area contributed by atoms with Gasteiger partial charge in [-0.15, -0.1) is 4.91 Å². The Morgan fingerprint density at radius 1 is 1.50 bits per heavy atom. The second kappa shape index (κ2) is 5.11. The van der Waals surface area contributed by atoms with Crippen LogP contribution >= 0.6 is 15.9 Å². The Morgan fingerprint density at radius 3 is 2.50 bits per heavy atom. The van der Waals surface area contributed by atoms with Crippen LogP contribution in [0.3, 0.4) is 0 Å². The fourth-order valence-corrected chi connectivity index (χ4v) is 0.476. The number of hydrogen-bond acceptors (Lipinski definition) is 2. The maximum absolute atomic E-state index is 9.76. The Hall–Kier alpha value is -0.700. The van der Waals surface area contributed by atoms with Gasteiger partial charge in [-0.2, -0.15) is 0 Å². The number of hydrogen-bond donors (Lipinski definition) is 0. The van der Waals surface area contributed by atoms with Gasteiger partial charge in [-0.05, 0) is 16.8 Å². The molecule has 0 aliphatic rings. The summed E-state index contributed by atoms with van der Waals surface area (Å²) in [6, 6.07) is 0. The topological polar surface area (TPSA) is 29.4 Å². The molecule has 54 valence electrons. The van der Waals surface area contributed by atoms with Crippen molar-refractivity contribution in [2.24, 2.45) is 5.18 Å². The number of allylic oxidation sites excluding steroid dienone is 3. The summed E-state index contributed by atoms with van der Waals surface area (Å²) in [6.45, 7) is 7.02. The van der Waals surface area contributed by atoms with Crippen LogP contribution in [-0.4, -0.2) is 5.33 Å². The average Bonchev–Trinajstić information content (AvgIpc) is 1.99. The summed E-state index contributed by atoms with van der Waals surface area (Å²) in [5.74, 6) is 0. The van der Waals surface area contributed by atoms with Crippen LogP contribution < -0.4 is 0 Å². The van der Waals surface area contributed by atoms with Crippen molar-refractivity contribution in [1.29, 1.82) is 0 Å². The standard InChI is InChI=1S/C7H8BrNO/c1-6(5-8)3-4-7(2)9-10/h3-4H,1-2,5H2/b4-3-. The van der Waals surface area contributed by atoms with Gasteiger partial charge in [0.15, 0.2) is 0 Å². The van der Waals surface area contributed by atoms with E-state index in [0.717, 1.165) is 5.57 Å². The third-order valence-corrected chi connectivity index (χ3v) is 1.52. The van der Waals surface area contributed by atoms with Crippen molar-refractivity contribution in [2.75, 3.05) is 5.33 Å². The lowest BCUT2D eigenvalue weighted by atomic mass is 10.3. The molecule has 0 amide bonds. The number of alkyl halides is 1. The van der Waals surface area contributed by atoms with Crippen molar-refractivity contribution in [3.8, 4) is 0 Å². The number of nitrogens with zero attached hydrogens (tertiary/aromatic N) is 1. The Kier molecular flexibility index (Phi) is 4.76. The van der Waals surface area contributed by atoms with Gasteiger partial charge in [-0.3, -0.25) is 0 Å². The summed E-state index contributed by atoms with van der Waals surface area (Å²) in [5.41, 5.74) is 1.09. The molecule has 0 heterocycles. The van der Waals surface area contributed by atoms with E-state index in [4.69, 9.17) is 0 Å². The predicted molar refractivity (Wildman–Crippen MR) is 47.0 cm³/mol. The number of nitroso groups, excluding NO2 is 1. The van der Waals surface area contributed by atoms with E-state index in [1.54, 1.807) is 6.08 Å². The predicted octanol–water partition coefficient (Wildman–Crippen LogP) is 2.77. The zero-order chi connectivity index (χ0) is 7.98. The molecule has 0 rings (SSSR count). The van der Waals surface area contributed by atoms with Crippen LogP contribution in [0.15, 0.2) is 41.8 Å². The Bertz CT molecular complexity index is 184. The second-order valence-corrected chi connectivity index (χ2v) is 2.27. The molecule has 0 saturated heterocycles. The molecule has 0 aliphatic carbocycles. The highest BCUT2D eigenvalue weighted by Crippen LogP contribution is 2.01. The minimum absolute atomic E-state index is 0.210. The zero-order valence-electron chi connectivity index (χ0n) is 5.51. The minimum atomic E-state index is 0.210. The van der Waals surface area contributed by atoms with E-state index in [1.165, 1.54) is 6.08 Å². The van der Waals surface area contributed by atoms with Gasteiger partial charge in [0.2, 0.25) is 0 Å². The van der Waals surface area contributed by atoms with Crippen molar-refractivity contribution >= 4 is 15.9 Å². The first-order valence-corrected chi connectivity index (χ1v) is 3.77. The van der Waals surface area contributed by atoms with Gasteiger partial charge in [0.05, 0.1) is 0 Å². The number of rotatable bonds is 4. The van der Waals surface area contributed by atoms with Crippen molar-refractivity contribution in [2.45, 2.75) is 0 Å². The lowest BCUT2D eigenvalue weighted by Crippen LogP contribution is -1.73. The first kappa shape index (κ1) is 9.30. The van der Waals surface area contributed by atoms with Gasteiger partial charge in [0.1, 0.15) is 5.70 Å². The molecule has 3 heteroatoms. The van der Waals surface area contributed by atoms with Crippen LogP contribution in [0.4, 0.5) is 0 Å². The summed E-state index contributed by atoms with van der Waals surface area (Å²) >= 11 is 3.20. The summed E-state index contributed by atoms with van der Waals surface area (Å²) in [5, 5.41) is 3.30. The molecular weight excluding hydrogens is 194 g/mol. The largest absolute Gasteiger partial charge is 0.145 e. The monoisotopic (exact) mass is 201 g/mol. The van der Waals surface area contributed by atoms with E-state index in [0.29, 0.717) is 5.33 Å². The molecule has 0 bridgehead atoms. The van der Waals surface area contributed by atoms with Crippen LogP contribution in [-0.2, 0) is 0 Å². The van der Waals surface area contributed by atoms with Crippen molar-refractivity contribution in [3.63, 3.8) is 0 Å². The SMILES string of the molecule is C=C(/C=C\C(=C)N=O)CBr. The summed E-state index contributed by atoms with van der Waals surface area (Å²) in [6.07, 6.45) is 3.22. The smallest absolute Gasteiger partial charge is 0.100 e. The molecule has 0 aliphatic heterocycles. The van der Waals surface area contributed by atoms with E-state index in [2.05, 4.69) is 34.3 Å². The van der Waals surface area contributed by atoms with Gasteiger partial charge < -0.3 is 0 Å². The fraction of sp³-hybridized carbons (Fsp3) is 0.143. The van der Waals surface area contributed by atoms with Gasteiger partial charge in [0.25, 0.3) is 0 Å². The van der Waals surface area contributed by atoms with Crippen LogP contribution in [0.1, 0.15) is 0 Å². The fourth-order valence-electron chi connectivity index (χ4n) is 0.289. The van der Waals surface area contributed by atoms with E-state index >= 15 is 0 Å². The highest BCUT2D eigenvalue weighted by atomic mass is 79.9. The van der Waals surface area contributed by atoms with Crippen molar-refractivity contribution in [3.05, 3.63) is 41.5 Å². The summed E-state index contributed by atoms with van der Waals surface area (Å²) in [7, 11) is 0. The summed E-state index contributed by atoms with van der Waals surface area (Å²) in [4.78, 5) is 9.76. The third-order valence-electron chi connectivity index (χ3n) is 0.800. The highest BCUT2D eigenvalue weighted by molar-refractivity contribution is 9.09. The first-order valence-electron chi connectivity index (χ1n) is 2.64. The molecule has 0 saturated carbocycles. The molecule has 0 radical (unpaired) electrons. The van der Waals surface area contributed by atoms with E-state index in [1.807, 2.05) is 0 Å². The Balaban J connectivity index is 3.87. The highest BCUT2D eigenvalue weighted by Gasteiger charge is 1.84. The molecule has 0 aromatic rings. The van der Waals surface area contributed by atoms with Crippen molar-refractivity contribution in [1.82, 2.24) is 0 Å². The Morgan fingerprint density at radius 2 is 2.10 bits per heavy atom. The lowest BCUT2D eigenvalue weighted by molar-refractivity contribution is 1.40. The zero-order valence-corrected chi connectivity index (χ0v) is 7.10. The minimum Gasteiger partial charge on any atom is -0.145 e. The normalized spacial score (nSPS) is 9.70. The van der Waals surface area contributed by atoms with E-state index < -0.39 is 0 Å². The lowest BCUT2D eigenvalue weighted by Gasteiger charge is -1.87. The van der Waals surface area contributed by atoms with Gasteiger partial charge in [-0.25, -0.2) is 0 Å². The molecule has 10 heavy (non-hydrogen) atoms. The third kappa shape index (κ3) is 4.21. The molecule has 0 aromatic carbocycles. The van der Waals surface area contributed by atoms with Gasteiger partial charge >= 0.3 is 0 Å². The van der Waals surface area contributed by atoms with Gasteiger partial charge in [0, 0.05) is 5.33 Å². The molecule has 0 unspecified atom stereocenters. The molecule has 0 aromatic heterocycles. The van der Waals surface area contributed by atoms with Crippen LogP contribution in [0.2, 0.25) is 0 Å². The maximum Gasteiger partial charge on any atom is 0.100 e. The molecular formula is C7H8BrNO. The Labute approximate surface area is 68.4 Å². The molecule has 2 nitrogen and oxygen atoms in total. The molecule has 0 fully saturated rings. The quantitative estimate of drug-likeness (QED) is 0.391. The summed E-state index contributed by atoms with van der Waals surface area (Å²) < 4.78 is 0. The van der Waals surface area contributed by atoms with Gasteiger partial charge in [-0.1, -0.05) is 35.2 Å². The number of halogens is 1. The first-order chi connectivity index (χ1) is 4.70. The molecule has 0 atom stereocenters. The maximum atomic E-state index is 9.76. The molecule has 0 spiro atoms. The molecule has 0 N–H and O–H groups in total. The van der Waals surface area contributed by atoms with Crippen LogP contribution in [0.25, 0.3) is 0 Å². The second-order valence-electron chi connectivity index (χ2n) is 1.71. The van der Waals surface area contributed by atoms with Crippen LogP contribution in [0.5, 0.6) is 0 Å². The van der Waals surface area contributed by atoms with E-state index in [9.17, 15) is 4.91 Å². The van der Waals surface area contributed by atoms with Crippen LogP contribution in [0, 0.1) is 4.91 Å². The van der Waals surface area contributed by atoms with Crippen molar-refractivity contribution < 1.29 is 0 Å². The van der Waals surface area contributed by atoms with E-state index in [-0.39, 0.29) is 5.70 Å². The average molecular weight is 202 g/mol.